The van der Waals surface area contributed by atoms with Gasteiger partial charge in [-0.15, -0.1) is 11.6 Å². The van der Waals surface area contributed by atoms with Crippen molar-refractivity contribution in [2.45, 2.75) is 24.6 Å². The summed E-state index contributed by atoms with van der Waals surface area (Å²) < 4.78 is 4.63. The summed E-state index contributed by atoms with van der Waals surface area (Å²) in [6, 6.07) is 8.77. The molecule has 1 atom stereocenters. The molecule has 1 radical (unpaired) electrons. The Morgan fingerprint density at radius 2 is 1.94 bits per heavy atom. The Balaban J connectivity index is 2.50. The van der Waals surface area contributed by atoms with Crippen LogP contribution in [0.25, 0.3) is 0 Å². The Hall–Kier alpha value is -1.35. The molecule has 0 bridgehead atoms. The average molecular weight is 254 g/mol. The van der Waals surface area contributed by atoms with E-state index in [1.54, 1.807) is 24.3 Å². The second-order valence-corrected chi connectivity index (χ2v) is 3.96. The van der Waals surface area contributed by atoms with Crippen LogP contribution in [0.5, 0.6) is 0 Å². The van der Waals surface area contributed by atoms with Crippen LogP contribution in [0.3, 0.4) is 0 Å². The van der Waals surface area contributed by atoms with E-state index in [1.165, 1.54) is 0 Å². The lowest BCUT2D eigenvalue weighted by molar-refractivity contribution is -0.159. The molecule has 1 aromatic rings. The van der Waals surface area contributed by atoms with E-state index in [0.29, 0.717) is 18.4 Å². The summed E-state index contributed by atoms with van der Waals surface area (Å²) in [6.45, 7) is 3.60. The van der Waals surface area contributed by atoms with E-state index >= 15 is 0 Å². The summed E-state index contributed by atoms with van der Waals surface area (Å²) in [7, 11) is 0. The highest BCUT2D eigenvalue weighted by molar-refractivity contribution is 6.30. The van der Waals surface area contributed by atoms with Crippen molar-refractivity contribution in [1.82, 2.24) is 0 Å². The highest BCUT2D eigenvalue weighted by Crippen LogP contribution is 2.21. The molecule has 0 fully saturated rings. The minimum absolute atomic E-state index is 0.188. The van der Waals surface area contributed by atoms with E-state index in [1.807, 2.05) is 6.07 Å². The highest BCUT2D eigenvalue weighted by Gasteiger charge is 2.21. The van der Waals surface area contributed by atoms with Crippen LogP contribution in [0, 0.1) is 6.92 Å². The summed E-state index contributed by atoms with van der Waals surface area (Å²) in [4.78, 5) is 22.7. The van der Waals surface area contributed by atoms with Crippen LogP contribution in [-0.2, 0) is 14.3 Å². The van der Waals surface area contributed by atoms with Crippen molar-refractivity contribution in [1.29, 1.82) is 0 Å². The van der Waals surface area contributed by atoms with Crippen molar-refractivity contribution in [2.75, 3.05) is 0 Å². The van der Waals surface area contributed by atoms with Crippen molar-refractivity contribution >= 4 is 23.5 Å². The molecule has 0 heterocycles. The van der Waals surface area contributed by atoms with Crippen LogP contribution >= 0.6 is 11.6 Å². The van der Waals surface area contributed by atoms with Crippen LogP contribution < -0.4 is 0 Å². The van der Waals surface area contributed by atoms with E-state index in [9.17, 15) is 9.59 Å². The second kappa shape index (κ2) is 7.07. The van der Waals surface area contributed by atoms with E-state index in [0.717, 1.165) is 0 Å². The van der Waals surface area contributed by atoms with Gasteiger partial charge < -0.3 is 4.74 Å². The number of carbonyl (C=O) groups excluding carboxylic acids is 2. The molecule has 0 saturated carbocycles. The molecule has 1 unspecified atom stereocenters. The largest absolute Gasteiger partial charge is 0.392 e. The lowest BCUT2D eigenvalue weighted by Gasteiger charge is -2.08. The maximum atomic E-state index is 11.5. The number of halogens is 1. The zero-order valence-corrected chi connectivity index (χ0v) is 10.2. The van der Waals surface area contributed by atoms with Gasteiger partial charge in [0, 0.05) is 6.42 Å². The van der Waals surface area contributed by atoms with E-state index < -0.39 is 17.3 Å². The Morgan fingerprint density at radius 3 is 2.53 bits per heavy atom. The Kier molecular flexibility index (Phi) is 5.70. The van der Waals surface area contributed by atoms with Crippen molar-refractivity contribution < 1.29 is 14.3 Å². The predicted molar refractivity (Wildman–Crippen MR) is 65.3 cm³/mol. The van der Waals surface area contributed by atoms with Gasteiger partial charge >= 0.3 is 11.9 Å². The van der Waals surface area contributed by atoms with Gasteiger partial charge in [0.1, 0.15) is 0 Å². The SMILES string of the molecule is [CH2]CCCC(=O)OC(=O)C(Cl)c1ccccc1. The number of hydrogen-bond acceptors (Lipinski definition) is 3. The molecule has 0 aromatic heterocycles. The standard InChI is InChI=1S/C13H14ClO3/c1-2-3-9-11(15)17-13(16)12(14)10-7-5-4-6-8-10/h4-8,12H,1-3,9H2. The van der Waals surface area contributed by atoms with Crippen molar-refractivity contribution in [3.05, 3.63) is 42.8 Å². The van der Waals surface area contributed by atoms with Gasteiger partial charge in [-0.2, -0.15) is 0 Å². The summed E-state index contributed by atoms with van der Waals surface area (Å²) in [5.41, 5.74) is 0.615. The summed E-state index contributed by atoms with van der Waals surface area (Å²) in [5, 5.41) is -0.945. The van der Waals surface area contributed by atoms with Crippen molar-refractivity contribution in [2.24, 2.45) is 0 Å². The molecule has 91 valence electrons. The number of ether oxygens (including phenoxy) is 1. The Labute approximate surface area is 106 Å². The van der Waals surface area contributed by atoms with Gasteiger partial charge in [0.05, 0.1) is 0 Å². The first kappa shape index (κ1) is 13.7. The lowest BCUT2D eigenvalue weighted by atomic mass is 10.1. The molecule has 0 N–H and O–H groups in total. The molecule has 0 spiro atoms. The lowest BCUT2D eigenvalue weighted by Crippen LogP contribution is -2.16. The molecule has 1 rings (SSSR count). The molecular formula is C13H14ClO3. The number of alkyl halides is 1. The van der Waals surface area contributed by atoms with Gasteiger partial charge in [-0.1, -0.05) is 43.7 Å². The molecule has 3 nitrogen and oxygen atoms in total. The van der Waals surface area contributed by atoms with Gasteiger partial charge in [0.2, 0.25) is 0 Å². The number of esters is 2. The molecular weight excluding hydrogens is 240 g/mol. The third kappa shape index (κ3) is 4.57. The smallest absolute Gasteiger partial charge is 0.336 e. The van der Waals surface area contributed by atoms with Crippen LogP contribution in [0.1, 0.15) is 30.2 Å². The van der Waals surface area contributed by atoms with E-state index in [2.05, 4.69) is 11.7 Å². The minimum atomic E-state index is -0.945. The van der Waals surface area contributed by atoms with E-state index in [-0.39, 0.29) is 6.42 Å². The fourth-order valence-electron chi connectivity index (χ4n) is 1.24. The fourth-order valence-corrected chi connectivity index (χ4v) is 1.43. The van der Waals surface area contributed by atoms with Crippen LogP contribution in [0.2, 0.25) is 0 Å². The number of unbranched alkanes of at least 4 members (excludes halogenated alkanes) is 1. The molecule has 0 aliphatic rings. The first-order valence-electron chi connectivity index (χ1n) is 5.38. The first-order chi connectivity index (χ1) is 8.15. The summed E-state index contributed by atoms with van der Waals surface area (Å²) in [6.07, 6.45) is 1.42. The zero-order chi connectivity index (χ0) is 12.7. The highest BCUT2D eigenvalue weighted by atomic mass is 35.5. The number of hydrogen-bond donors (Lipinski definition) is 0. The van der Waals surface area contributed by atoms with Crippen LogP contribution in [-0.4, -0.2) is 11.9 Å². The maximum absolute atomic E-state index is 11.5. The van der Waals surface area contributed by atoms with Crippen molar-refractivity contribution in [3.8, 4) is 0 Å². The second-order valence-electron chi connectivity index (χ2n) is 3.52. The molecule has 17 heavy (non-hydrogen) atoms. The third-order valence-corrected chi connectivity index (χ3v) is 2.57. The summed E-state index contributed by atoms with van der Waals surface area (Å²) >= 11 is 5.90. The number of carbonyl (C=O) groups is 2. The third-order valence-electron chi connectivity index (χ3n) is 2.14. The Bertz CT molecular complexity index is 376. The van der Waals surface area contributed by atoms with Crippen LogP contribution in [0.4, 0.5) is 0 Å². The average Bonchev–Trinajstić information content (AvgIpc) is 2.36. The molecule has 0 saturated heterocycles. The van der Waals surface area contributed by atoms with Gasteiger partial charge in [-0.3, -0.25) is 4.79 Å². The van der Waals surface area contributed by atoms with Gasteiger partial charge in [0.15, 0.2) is 5.38 Å². The van der Waals surface area contributed by atoms with Crippen LogP contribution in [0.15, 0.2) is 30.3 Å². The monoisotopic (exact) mass is 253 g/mol. The van der Waals surface area contributed by atoms with Gasteiger partial charge in [0.25, 0.3) is 0 Å². The van der Waals surface area contributed by atoms with Crippen molar-refractivity contribution in [3.63, 3.8) is 0 Å². The molecule has 4 heteroatoms. The predicted octanol–water partition coefficient (Wildman–Crippen LogP) is 3.04. The number of rotatable bonds is 5. The normalized spacial score (nSPS) is 11.9. The minimum Gasteiger partial charge on any atom is -0.392 e. The maximum Gasteiger partial charge on any atom is 0.336 e. The fraction of sp³-hybridized carbons (Fsp3) is 0.308. The molecule has 1 aromatic carbocycles. The zero-order valence-electron chi connectivity index (χ0n) is 9.40. The quantitative estimate of drug-likeness (QED) is 0.460. The van der Waals surface area contributed by atoms with Gasteiger partial charge in [-0.25, -0.2) is 4.79 Å². The molecule has 0 aliphatic heterocycles. The first-order valence-corrected chi connectivity index (χ1v) is 5.81. The number of benzene rings is 1. The molecule has 0 aliphatic carbocycles. The molecule has 0 amide bonds. The topological polar surface area (TPSA) is 43.4 Å². The van der Waals surface area contributed by atoms with E-state index in [4.69, 9.17) is 11.6 Å². The Morgan fingerprint density at radius 1 is 1.29 bits per heavy atom. The van der Waals surface area contributed by atoms with Gasteiger partial charge in [-0.05, 0) is 12.0 Å². The summed E-state index contributed by atoms with van der Waals surface area (Å²) in [5.74, 6) is -1.29.